The predicted molar refractivity (Wildman–Crippen MR) is 90.3 cm³/mol. The van der Waals surface area contributed by atoms with E-state index in [1.165, 1.54) is 23.1 Å². The van der Waals surface area contributed by atoms with Crippen LogP contribution in [0, 0.1) is 10.1 Å². The van der Waals surface area contributed by atoms with Gasteiger partial charge in [-0.25, -0.2) is 0 Å². The molecule has 9 nitrogen and oxygen atoms in total. The van der Waals surface area contributed by atoms with Gasteiger partial charge in [0.1, 0.15) is 6.54 Å². The van der Waals surface area contributed by atoms with Gasteiger partial charge in [-0.05, 0) is 22.6 Å². The molecular weight excluding hydrogens is 348 g/mol. The SMILES string of the molecule is O=C(Cn1ccc([N+](=O)[O-])n1)Nc1cnn(Cc2cccc(Cl)c2)c1. The summed E-state index contributed by atoms with van der Waals surface area (Å²) in [6.07, 6.45) is 4.58. The minimum atomic E-state index is -0.617. The summed E-state index contributed by atoms with van der Waals surface area (Å²) in [5, 5.41) is 21.7. The second kappa shape index (κ2) is 7.14. The number of benzene rings is 1. The normalized spacial score (nSPS) is 10.6. The number of nitro groups is 1. The van der Waals surface area contributed by atoms with Crippen LogP contribution in [-0.2, 0) is 17.9 Å². The molecule has 3 rings (SSSR count). The van der Waals surface area contributed by atoms with Gasteiger partial charge in [-0.1, -0.05) is 23.7 Å². The largest absolute Gasteiger partial charge is 0.389 e. The number of nitrogens with zero attached hydrogens (tertiary/aromatic N) is 5. The van der Waals surface area contributed by atoms with E-state index in [1.807, 2.05) is 18.2 Å². The molecule has 2 heterocycles. The smallest absolute Gasteiger partial charge is 0.358 e. The third-order valence-electron chi connectivity index (χ3n) is 3.27. The van der Waals surface area contributed by atoms with Gasteiger partial charge in [0.05, 0.1) is 35.8 Å². The number of anilines is 1. The Labute approximate surface area is 147 Å². The number of halogens is 1. The molecule has 2 aromatic heterocycles. The number of hydrogen-bond donors (Lipinski definition) is 1. The second-order valence-electron chi connectivity index (χ2n) is 5.23. The Kier molecular flexibility index (Phi) is 4.75. The molecule has 0 radical (unpaired) electrons. The molecule has 25 heavy (non-hydrogen) atoms. The van der Waals surface area contributed by atoms with Crippen molar-refractivity contribution in [3.8, 4) is 0 Å². The van der Waals surface area contributed by atoms with Crippen LogP contribution < -0.4 is 5.32 Å². The second-order valence-corrected chi connectivity index (χ2v) is 5.67. The van der Waals surface area contributed by atoms with E-state index in [1.54, 1.807) is 16.9 Å². The lowest BCUT2D eigenvalue weighted by Gasteiger charge is -2.02. The van der Waals surface area contributed by atoms with Gasteiger partial charge in [-0.15, -0.1) is 0 Å². The Morgan fingerprint density at radius 3 is 2.88 bits per heavy atom. The number of rotatable bonds is 6. The van der Waals surface area contributed by atoms with Crippen LogP contribution in [-0.4, -0.2) is 30.4 Å². The molecule has 0 saturated carbocycles. The number of carbonyl (C=O) groups is 1. The van der Waals surface area contributed by atoms with E-state index in [-0.39, 0.29) is 18.3 Å². The highest BCUT2D eigenvalue weighted by atomic mass is 35.5. The van der Waals surface area contributed by atoms with E-state index in [0.29, 0.717) is 17.3 Å². The van der Waals surface area contributed by atoms with Crippen LogP contribution in [0.3, 0.4) is 0 Å². The average Bonchev–Trinajstić information content (AvgIpc) is 3.17. The molecule has 3 aromatic rings. The average molecular weight is 361 g/mol. The molecule has 0 atom stereocenters. The first-order valence-corrected chi connectivity index (χ1v) is 7.62. The lowest BCUT2D eigenvalue weighted by Crippen LogP contribution is -2.18. The maximum absolute atomic E-state index is 12.0. The fourth-order valence-corrected chi connectivity index (χ4v) is 2.43. The summed E-state index contributed by atoms with van der Waals surface area (Å²) in [5.74, 6) is -0.664. The fourth-order valence-electron chi connectivity index (χ4n) is 2.22. The Bertz CT molecular complexity index is 919. The van der Waals surface area contributed by atoms with Crippen LogP contribution in [0.15, 0.2) is 48.9 Å². The van der Waals surface area contributed by atoms with Crippen LogP contribution in [0.4, 0.5) is 11.5 Å². The maximum atomic E-state index is 12.0. The monoisotopic (exact) mass is 360 g/mol. The van der Waals surface area contributed by atoms with Gasteiger partial charge in [0.15, 0.2) is 0 Å². The Morgan fingerprint density at radius 2 is 2.16 bits per heavy atom. The Balaban J connectivity index is 1.58. The molecule has 1 amide bonds. The van der Waals surface area contributed by atoms with Gasteiger partial charge < -0.3 is 15.4 Å². The molecule has 0 aliphatic rings. The van der Waals surface area contributed by atoms with E-state index in [2.05, 4.69) is 15.5 Å². The van der Waals surface area contributed by atoms with Crippen molar-refractivity contribution in [3.63, 3.8) is 0 Å². The number of amides is 1. The number of carbonyl (C=O) groups excluding carboxylic acids is 1. The van der Waals surface area contributed by atoms with Crippen molar-refractivity contribution in [2.24, 2.45) is 0 Å². The highest BCUT2D eigenvalue weighted by Crippen LogP contribution is 2.13. The molecule has 1 aromatic carbocycles. The fraction of sp³-hybridized carbons (Fsp3) is 0.133. The molecule has 10 heteroatoms. The summed E-state index contributed by atoms with van der Waals surface area (Å²) in [7, 11) is 0. The number of aromatic nitrogens is 4. The van der Waals surface area contributed by atoms with Crippen LogP contribution >= 0.6 is 11.6 Å². The number of hydrogen-bond acceptors (Lipinski definition) is 5. The van der Waals surface area contributed by atoms with Gasteiger partial charge in [-0.3, -0.25) is 9.48 Å². The topological polar surface area (TPSA) is 108 Å². The van der Waals surface area contributed by atoms with Crippen molar-refractivity contribution in [1.82, 2.24) is 19.6 Å². The third-order valence-corrected chi connectivity index (χ3v) is 3.50. The van der Waals surface area contributed by atoms with E-state index in [0.717, 1.165) is 5.56 Å². The summed E-state index contributed by atoms with van der Waals surface area (Å²) in [6, 6.07) is 8.64. The molecule has 1 N–H and O–H groups in total. The lowest BCUT2D eigenvalue weighted by atomic mass is 10.2. The molecular formula is C15H13ClN6O3. The first kappa shape index (κ1) is 16.7. The summed E-state index contributed by atoms with van der Waals surface area (Å²) < 4.78 is 2.86. The number of nitrogens with one attached hydrogen (secondary N) is 1. The van der Waals surface area contributed by atoms with Crippen LogP contribution in [0.25, 0.3) is 0 Å². The van der Waals surface area contributed by atoms with Crippen molar-refractivity contribution in [1.29, 1.82) is 0 Å². The zero-order chi connectivity index (χ0) is 17.8. The molecule has 0 aliphatic carbocycles. The first-order chi connectivity index (χ1) is 12.0. The van der Waals surface area contributed by atoms with Gasteiger partial charge in [0, 0.05) is 11.2 Å². The van der Waals surface area contributed by atoms with E-state index < -0.39 is 4.92 Å². The molecule has 0 spiro atoms. The lowest BCUT2D eigenvalue weighted by molar-refractivity contribution is -0.389. The van der Waals surface area contributed by atoms with Crippen molar-refractivity contribution in [2.45, 2.75) is 13.1 Å². The quantitative estimate of drug-likeness (QED) is 0.536. The molecule has 0 unspecified atom stereocenters. The molecule has 0 fully saturated rings. The first-order valence-electron chi connectivity index (χ1n) is 7.24. The Morgan fingerprint density at radius 1 is 1.32 bits per heavy atom. The summed E-state index contributed by atoms with van der Waals surface area (Å²) in [5.41, 5.74) is 1.51. The van der Waals surface area contributed by atoms with Crippen LogP contribution in [0.5, 0.6) is 0 Å². The van der Waals surface area contributed by atoms with Crippen molar-refractivity contribution < 1.29 is 9.72 Å². The van der Waals surface area contributed by atoms with Gasteiger partial charge in [-0.2, -0.15) is 9.78 Å². The zero-order valence-electron chi connectivity index (χ0n) is 12.9. The molecule has 128 valence electrons. The van der Waals surface area contributed by atoms with Crippen molar-refractivity contribution >= 4 is 29.0 Å². The standard InChI is InChI=1S/C15H13ClN6O3/c16-12-3-1-2-11(6-12)8-21-9-13(7-17-21)18-15(23)10-20-5-4-14(19-20)22(24)25/h1-7,9H,8,10H2,(H,18,23). The minimum absolute atomic E-state index is 0.132. The molecule has 0 saturated heterocycles. The van der Waals surface area contributed by atoms with Crippen LogP contribution in [0.2, 0.25) is 5.02 Å². The van der Waals surface area contributed by atoms with E-state index >= 15 is 0 Å². The Hall–Kier alpha value is -3.20. The molecule has 0 aliphatic heterocycles. The predicted octanol–water partition coefficient (Wildman–Crippen LogP) is 2.33. The highest BCUT2D eigenvalue weighted by Gasteiger charge is 2.14. The summed E-state index contributed by atoms with van der Waals surface area (Å²) in [4.78, 5) is 21.9. The van der Waals surface area contributed by atoms with Gasteiger partial charge >= 0.3 is 5.82 Å². The third kappa shape index (κ3) is 4.42. The summed E-state index contributed by atoms with van der Waals surface area (Å²) in [6.45, 7) is 0.384. The van der Waals surface area contributed by atoms with Crippen molar-refractivity contribution in [3.05, 3.63) is 69.6 Å². The van der Waals surface area contributed by atoms with Gasteiger partial charge in [0.25, 0.3) is 0 Å². The maximum Gasteiger partial charge on any atom is 0.389 e. The van der Waals surface area contributed by atoms with E-state index in [9.17, 15) is 14.9 Å². The summed E-state index contributed by atoms with van der Waals surface area (Å²) >= 11 is 5.95. The highest BCUT2D eigenvalue weighted by molar-refractivity contribution is 6.30. The zero-order valence-corrected chi connectivity index (χ0v) is 13.6. The van der Waals surface area contributed by atoms with Crippen LogP contribution in [0.1, 0.15) is 5.56 Å². The minimum Gasteiger partial charge on any atom is -0.358 e. The van der Waals surface area contributed by atoms with Crippen molar-refractivity contribution in [2.75, 3.05) is 5.32 Å². The van der Waals surface area contributed by atoms with Gasteiger partial charge in [0.2, 0.25) is 5.91 Å². The van der Waals surface area contributed by atoms with E-state index in [4.69, 9.17) is 11.6 Å². The molecule has 0 bridgehead atoms.